The van der Waals surface area contributed by atoms with E-state index >= 15 is 0 Å². The highest BCUT2D eigenvalue weighted by molar-refractivity contribution is 5.81. The topological polar surface area (TPSA) is 46.3 Å². The van der Waals surface area contributed by atoms with Crippen molar-refractivity contribution in [1.29, 1.82) is 0 Å². The Labute approximate surface area is 96.2 Å². The van der Waals surface area contributed by atoms with E-state index < -0.39 is 0 Å². The van der Waals surface area contributed by atoms with E-state index in [9.17, 15) is 4.79 Å². The molecule has 1 atom stereocenters. The molecule has 0 spiro atoms. The summed E-state index contributed by atoms with van der Waals surface area (Å²) in [7, 11) is 0. The SMILES string of the molecule is Cc1cccc(C(C(N)=O)N2CCCC2)c1. The number of hydrogen-bond donors (Lipinski definition) is 1. The van der Waals surface area contributed by atoms with E-state index in [2.05, 4.69) is 4.90 Å². The average molecular weight is 218 g/mol. The van der Waals surface area contributed by atoms with Crippen LogP contribution >= 0.6 is 0 Å². The van der Waals surface area contributed by atoms with Gasteiger partial charge >= 0.3 is 0 Å². The van der Waals surface area contributed by atoms with Crippen molar-refractivity contribution in [3.05, 3.63) is 35.4 Å². The lowest BCUT2D eigenvalue weighted by Crippen LogP contribution is -2.36. The Morgan fingerprint density at radius 2 is 2.06 bits per heavy atom. The lowest BCUT2D eigenvalue weighted by molar-refractivity contribution is -0.123. The quantitative estimate of drug-likeness (QED) is 0.838. The van der Waals surface area contributed by atoms with E-state index in [0.29, 0.717) is 0 Å². The minimum Gasteiger partial charge on any atom is -0.368 e. The first kappa shape index (κ1) is 11.1. The van der Waals surface area contributed by atoms with E-state index in [1.165, 1.54) is 5.56 Å². The first-order chi connectivity index (χ1) is 7.68. The van der Waals surface area contributed by atoms with Crippen molar-refractivity contribution in [2.75, 3.05) is 13.1 Å². The van der Waals surface area contributed by atoms with Gasteiger partial charge in [0.05, 0.1) is 0 Å². The summed E-state index contributed by atoms with van der Waals surface area (Å²) in [6, 6.07) is 7.80. The molecule has 86 valence electrons. The second-order valence-electron chi connectivity index (χ2n) is 4.46. The number of benzene rings is 1. The van der Waals surface area contributed by atoms with Crippen LogP contribution in [0.15, 0.2) is 24.3 Å². The predicted molar refractivity (Wildman–Crippen MR) is 63.9 cm³/mol. The predicted octanol–water partition coefficient (Wildman–Crippen LogP) is 1.62. The summed E-state index contributed by atoms with van der Waals surface area (Å²) in [4.78, 5) is 13.8. The molecule has 1 amide bonds. The minimum absolute atomic E-state index is 0.243. The van der Waals surface area contributed by atoms with Crippen LogP contribution < -0.4 is 5.73 Å². The van der Waals surface area contributed by atoms with Crippen LogP contribution in [0.5, 0.6) is 0 Å². The number of likely N-dealkylation sites (tertiary alicyclic amines) is 1. The lowest BCUT2D eigenvalue weighted by Gasteiger charge is -2.25. The zero-order valence-corrected chi connectivity index (χ0v) is 9.65. The molecule has 3 nitrogen and oxygen atoms in total. The van der Waals surface area contributed by atoms with E-state index in [1.54, 1.807) is 0 Å². The molecule has 1 aromatic rings. The number of aryl methyl sites for hydroxylation is 1. The highest BCUT2D eigenvalue weighted by atomic mass is 16.1. The summed E-state index contributed by atoms with van der Waals surface area (Å²) in [5.74, 6) is -0.243. The maximum atomic E-state index is 11.6. The molecule has 1 saturated heterocycles. The lowest BCUT2D eigenvalue weighted by atomic mass is 10.0. The Morgan fingerprint density at radius 3 is 2.62 bits per heavy atom. The Balaban J connectivity index is 2.28. The van der Waals surface area contributed by atoms with Crippen LogP contribution in [-0.4, -0.2) is 23.9 Å². The molecule has 0 aromatic heterocycles. The molecule has 1 fully saturated rings. The van der Waals surface area contributed by atoms with E-state index in [0.717, 1.165) is 31.5 Å². The number of primary amides is 1. The van der Waals surface area contributed by atoms with Gasteiger partial charge in [-0.2, -0.15) is 0 Å². The molecule has 1 heterocycles. The zero-order valence-electron chi connectivity index (χ0n) is 9.65. The summed E-state index contributed by atoms with van der Waals surface area (Å²) in [6.07, 6.45) is 2.32. The van der Waals surface area contributed by atoms with Crippen molar-refractivity contribution in [2.24, 2.45) is 5.73 Å². The van der Waals surface area contributed by atoms with Crippen molar-refractivity contribution in [3.8, 4) is 0 Å². The van der Waals surface area contributed by atoms with Gasteiger partial charge in [-0.25, -0.2) is 0 Å². The molecule has 0 saturated carbocycles. The fourth-order valence-electron chi connectivity index (χ4n) is 2.40. The number of rotatable bonds is 3. The highest BCUT2D eigenvalue weighted by Crippen LogP contribution is 2.25. The largest absolute Gasteiger partial charge is 0.368 e. The van der Waals surface area contributed by atoms with Crippen molar-refractivity contribution < 1.29 is 4.79 Å². The molecule has 16 heavy (non-hydrogen) atoms. The smallest absolute Gasteiger partial charge is 0.239 e. The van der Waals surface area contributed by atoms with Gasteiger partial charge in [0.1, 0.15) is 6.04 Å². The van der Waals surface area contributed by atoms with Crippen LogP contribution in [0.4, 0.5) is 0 Å². The number of carbonyl (C=O) groups is 1. The molecule has 1 aromatic carbocycles. The number of hydrogen-bond acceptors (Lipinski definition) is 2. The maximum Gasteiger partial charge on any atom is 0.239 e. The Hall–Kier alpha value is -1.35. The Morgan fingerprint density at radius 1 is 1.38 bits per heavy atom. The molecule has 2 N–H and O–H groups in total. The van der Waals surface area contributed by atoms with Crippen molar-refractivity contribution in [3.63, 3.8) is 0 Å². The van der Waals surface area contributed by atoms with Crippen LogP contribution in [0.1, 0.15) is 30.0 Å². The molecule has 1 aliphatic heterocycles. The molecule has 0 bridgehead atoms. The summed E-state index contributed by atoms with van der Waals surface area (Å²) in [5, 5.41) is 0. The summed E-state index contributed by atoms with van der Waals surface area (Å²) >= 11 is 0. The van der Waals surface area contributed by atoms with E-state index in [1.807, 2.05) is 31.2 Å². The minimum atomic E-state index is -0.248. The van der Waals surface area contributed by atoms with Gasteiger partial charge in [0.15, 0.2) is 0 Å². The third kappa shape index (κ3) is 2.25. The number of carbonyl (C=O) groups excluding carboxylic acids is 1. The van der Waals surface area contributed by atoms with Crippen LogP contribution in [0.2, 0.25) is 0 Å². The molecular formula is C13H18N2O. The number of amides is 1. The number of nitrogens with zero attached hydrogens (tertiary/aromatic N) is 1. The summed E-state index contributed by atoms with van der Waals surface area (Å²) in [6.45, 7) is 3.98. The third-order valence-corrected chi connectivity index (χ3v) is 3.13. The second kappa shape index (κ2) is 4.66. The van der Waals surface area contributed by atoms with Gasteiger partial charge in [0, 0.05) is 0 Å². The number of nitrogens with two attached hydrogens (primary N) is 1. The maximum absolute atomic E-state index is 11.6. The standard InChI is InChI=1S/C13H18N2O/c1-10-5-4-6-11(9-10)12(13(14)16)15-7-2-3-8-15/h4-6,9,12H,2-3,7-8H2,1H3,(H2,14,16). The van der Waals surface area contributed by atoms with Crippen LogP contribution in [0, 0.1) is 6.92 Å². The van der Waals surface area contributed by atoms with E-state index in [-0.39, 0.29) is 11.9 Å². The van der Waals surface area contributed by atoms with Gasteiger partial charge in [-0.05, 0) is 38.4 Å². The van der Waals surface area contributed by atoms with Crippen LogP contribution in [0.3, 0.4) is 0 Å². The van der Waals surface area contributed by atoms with Gasteiger partial charge in [-0.3, -0.25) is 9.69 Å². The van der Waals surface area contributed by atoms with Crippen molar-refractivity contribution in [2.45, 2.75) is 25.8 Å². The first-order valence-corrected chi connectivity index (χ1v) is 5.78. The second-order valence-corrected chi connectivity index (χ2v) is 4.46. The van der Waals surface area contributed by atoms with E-state index in [4.69, 9.17) is 5.73 Å². The fourth-order valence-corrected chi connectivity index (χ4v) is 2.40. The monoisotopic (exact) mass is 218 g/mol. The van der Waals surface area contributed by atoms with Crippen LogP contribution in [-0.2, 0) is 4.79 Å². The van der Waals surface area contributed by atoms with Crippen molar-refractivity contribution >= 4 is 5.91 Å². The third-order valence-electron chi connectivity index (χ3n) is 3.13. The average Bonchev–Trinajstić information content (AvgIpc) is 2.71. The summed E-state index contributed by atoms with van der Waals surface area (Å²) in [5.41, 5.74) is 7.71. The van der Waals surface area contributed by atoms with Gasteiger partial charge in [-0.15, -0.1) is 0 Å². The fraction of sp³-hybridized carbons (Fsp3) is 0.462. The van der Waals surface area contributed by atoms with Gasteiger partial charge in [0.25, 0.3) is 0 Å². The highest BCUT2D eigenvalue weighted by Gasteiger charge is 2.27. The molecule has 0 aliphatic carbocycles. The van der Waals surface area contributed by atoms with Crippen LogP contribution in [0.25, 0.3) is 0 Å². The molecule has 2 rings (SSSR count). The molecule has 0 radical (unpaired) electrons. The van der Waals surface area contributed by atoms with Crippen molar-refractivity contribution in [1.82, 2.24) is 4.90 Å². The molecule has 3 heteroatoms. The molecule has 1 aliphatic rings. The zero-order chi connectivity index (χ0) is 11.5. The summed E-state index contributed by atoms with van der Waals surface area (Å²) < 4.78 is 0. The Kier molecular flexibility index (Phi) is 3.25. The first-order valence-electron chi connectivity index (χ1n) is 5.78. The normalized spacial score (nSPS) is 18.6. The molecular weight excluding hydrogens is 200 g/mol. The molecule has 1 unspecified atom stereocenters. The Bertz CT molecular complexity index is 383. The van der Waals surface area contributed by atoms with Gasteiger partial charge in [-0.1, -0.05) is 29.8 Å². The van der Waals surface area contributed by atoms with Gasteiger partial charge in [0.2, 0.25) is 5.91 Å². The van der Waals surface area contributed by atoms with Gasteiger partial charge < -0.3 is 5.73 Å².